The molecule has 2 amide bonds. The fourth-order valence-corrected chi connectivity index (χ4v) is 5.53. The highest BCUT2D eigenvalue weighted by Gasteiger charge is 2.38. The minimum absolute atomic E-state index is 0.0608. The molecule has 3 N–H and O–H groups in total. The number of carbonyl (C=O) groups excluding carboxylic acids is 4. The number of nitrogens with zero attached hydrogens (tertiary/aromatic N) is 1. The predicted molar refractivity (Wildman–Crippen MR) is 197 cm³/mol. The van der Waals surface area contributed by atoms with E-state index < -0.39 is 23.6 Å². The monoisotopic (exact) mass is 712 g/mol. The summed E-state index contributed by atoms with van der Waals surface area (Å²) in [6, 6.07) is 6.56. The number of carbonyl (C=O) groups is 5. The number of aliphatic carboxylic acids is 1. The number of esters is 1. The van der Waals surface area contributed by atoms with Gasteiger partial charge in [0.05, 0.1) is 13.5 Å². The molecule has 1 unspecified atom stereocenters. The molecule has 11 heteroatoms. The molecule has 2 atom stereocenters. The zero-order valence-corrected chi connectivity index (χ0v) is 31.0. The molecule has 1 saturated heterocycles. The number of likely N-dealkylation sites (tertiary alicyclic amines) is 1. The van der Waals surface area contributed by atoms with E-state index >= 15 is 0 Å². The van der Waals surface area contributed by atoms with Gasteiger partial charge in [0.1, 0.15) is 24.2 Å². The Morgan fingerprint density at radius 3 is 2.16 bits per heavy atom. The average molecular weight is 713 g/mol. The number of nitrogens with one attached hydrogen (secondary N) is 1. The molecule has 11 nitrogen and oxygen atoms in total. The van der Waals surface area contributed by atoms with Gasteiger partial charge in [0.2, 0.25) is 12.3 Å². The van der Waals surface area contributed by atoms with Gasteiger partial charge in [-0.3, -0.25) is 14.4 Å². The number of benzene rings is 1. The second kappa shape index (κ2) is 27.5. The van der Waals surface area contributed by atoms with Crippen molar-refractivity contribution in [3.63, 3.8) is 0 Å². The molecule has 0 aliphatic carbocycles. The number of hydrogen-bond donors (Lipinski definition) is 3. The van der Waals surface area contributed by atoms with Gasteiger partial charge < -0.3 is 29.9 Å². The summed E-state index contributed by atoms with van der Waals surface area (Å²) < 4.78 is 10.0. The lowest BCUT2D eigenvalue weighted by Gasteiger charge is -2.24. The van der Waals surface area contributed by atoms with Gasteiger partial charge in [-0.2, -0.15) is 0 Å². The molecule has 1 aromatic carbocycles. The summed E-state index contributed by atoms with van der Waals surface area (Å²) in [7, 11) is 1.29. The normalized spacial score (nSPS) is 13.9. The van der Waals surface area contributed by atoms with Crippen molar-refractivity contribution in [2.45, 2.75) is 135 Å². The van der Waals surface area contributed by atoms with Crippen molar-refractivity contribution < 1.29 is 43.7 Å². The van der Waals surface area contributed by atoms with E-state index in [-0.39, 0.29) is 18.7 Å². The number of Topliss-reactive ketones (excluding diaryl/α,β-unsaturated/α-hetero) is 1. The van der Waals surface area contributed by atoms with Crippen molar-refractivity contribution in [1.29, 1.82) is 0 Å². The molecule has 1 aliphatic rings. The molecule has 0 saturated carbocycles. The lowest BCUT2D eigenvalue weighted by atomic mass is 9.94. The standard InChI is InChI=1S/C25H43NO5.C15H17NO4/c1-2-3-4-8-11-16-22(27)17-12-9-6-5-7-10-13-18-25(31,24(29)30)21-23(28)26-19-14-15-20-26;1-3-4-9-20-13-7-5-12(6-8-13)10-14(16-11-17)15(18)19-2/h10,13,31H,2-9,11-12,14-21H2,1H3,(H,29,30);5-8,11,14H,9-10H2,1-2H3,(H,16,17)/b13-10+;/t25-;/m1./s1. The van der Waals surface area contributed by atoms with Crippen molar-refractivity contribution >= 4 is 30.0 Å². The van der Waals surface area contributed by atoms with Gasteiger partial charge in [0.25, 0.3) is 0 Å². The Morgan fingerprint density at radius 1 is 0.961 bits per heavy atom. The number of ketones is 1. The molecule has 0 bridgehead atoms. The molecule has 0 spiro atoms. The molecule has 1 fully saturated rings. The van der Waals surface area contributed by atoms with E-state index in [4.69, 9.17) is 4.74 Å². The van der Waals surface area contributed by atoms with Gasteiger partial charge >= 0.3 is 11.9 Å². The van der Waals surface area contributed by atoms with Crippen LogP contribution in [0.25, 0.3) is 0 Å². The first kappa shape index (κ1) is 44.9. The zero-order chi connectivity index (χ0) is 37.7. The van der Waals surface area contributed by atoms with Crippen molar-refractivity contribution in [2.75, 3.05) is 26.8 Å². The number of allylic oxidation sites excluding steroid dienone is 1. The second-order valence-electron chi connectivity index (χ2n) is 12.9. The Bertz CT molecular complexity index is 1260. The van der Waals surface area contributed by atoms with E-state index in [2.05, 4.69) is 28.8 Å². The number of unbranched alkanes of at least 4 members (excludes halogenated alkanes) is 8. The Balaban J connectivity index is 0.000000560. The van der Waals surface area contributed by atoms with Crippen LogP contribution in [0.2, 0.25) is 0 Å². The Labute approximate surface area is 304 Å². The molecular formula is C40H60N2O9. The van der Waals surface area contributed by atoms with Crippen molar-refractivity contribution in [2.24, 2.45) is 0 Å². The quantitative estimate of drug-likeness (QED) is 0.0366. The van der Waals surface area contributed by atoms with Crippen molar-refractivity contribution in [3.05, 3.63) is 42.0 Å². The minimum Gasteiger partial charge on any atom is -0.481 e. The second-order valence-corrected chi connectivity index (χ2v) is 12.9. The van der Waals surface area contributed by atoms with Crippen LogP contribution in [-0.2, 0) is 35.1 Å². The number of methoxy groups -OCH3 is 1. The fraction of sp³-hybridized carbons (Fsp3) is 0.625. The van der Waals surface area contributed by atoms with Gasteiger partial charge in [-0.15, -0.1) is 5.92 Å². The van der Waals surface area contributed by atoms with E-state index in [1.807, 2.05) is 18.2 Å². The first-order chi connectivity index (χ1) is 24.6. The molecule has 284 valence electrons. The van der Waals surface area contributed by atoms with E-state index in [0.717, 1.165) is 69.8 Å². The largest absolute Gasteiger partial charge is 0.481 e. The third-order valence-corrected chi connectivity index (χ3v) is 8.66. The fourth-order valence-electron chi connectivity index (χ4n) is 5.53. The number of aliphatic hydroxyl groups is 1. The van der Waals surface area contributed by atoms with Gasteiger partial charge in [-0.1, -0.05) is 75.7 Å². The molecule has 0 radical (unpaired) electrons. The molecule has 0 aromatic heterocycles. The van der Waals surface area contributed by atoms with E-state index in [1.165, 1.54) is 26.4 Å². The minimum atomic E-state index is -2.03. The summed E-state index contributed by atoms with van der Waals surface area (Å²) in [6.07, 6.45) is 17.9. The van der Waals surface area contributed by atoms with Gasteiger partial charge in [-0.25, -0.2) is 9.59 Å². The topological polar surface area (TPSA) is 160 Å². The number of carboxylic acid groups (broad SMARTS) is 1. The average Bonchev–Trinajstić information content (AvgIpc) is 3.67. The van der Waals surface area contributed by atoms with E-state index in [0.29, 0.717) is 50.5 Å². The van der Waals surface area contributed by atoms with Crippen LogP contribution < -0.4 is 10.1 Å². The highest BCUT2D eigenvalue weighted by molar-refractivity contribution is 5.87. The maximum atomic E-state index is 12.2. The molecule has 51 heavy (non-hydrogen) atoms. The predicted octanol–water partition coefficient (Wildman–Crippen LogP) is 5.95. The maximum Gasteiger partial charge on any atom is 0.336 e. The van der Waals surface area contributed by atoms with Crippen molar-refractivity contribution in [1.82, 2.24) is 10.2 Å². The van der Waals surface area contributed by atoms with E-state index in [9.17, 15) is 34.2 Å². The molecular weight excluding hydrogens is 652 g/mol. The number of rotatable bonds is 25. The van der Waals surface area contributed by atoms with Crippen LogP contribution in [0.3, 0.4) is 0 Å². The lowest BCUT2D eigenvalue weighted by molar-refractivity contribution is -0.163. The molecule has 1 heterocycles. The van der Waals surface area contributed by atoms with Gasteiger partial charge in [-0.05, 0) is 63.1 Å². The summed E-state index contributed by atoms with van der Waals surface area (Å²) >= 11 is 0. The van der Waals surface area contributed by atoms with E-state index in [1.54, 1.807) is 30.0 Å². The Kier molecular flexibility index (Phi) is 24.2. The number of amides is 2. The number of carboxylic acids is 1. The van der Waals surface area contributed by atoms with Gasteiger partial charge in [0.15, 0.2) is 5.60 Å². The number of hydrogen-bond acceptors (Lipinski definition) is 8. The first-order valence-electron chi connectivity index (χ1n) is 18.4. The summed E-state index contributed by atoms with van der Waals surface area (Å²) in [5, 5.41) is 22.2. The summed E-state index contributed by atoms with van der Waals surface area (Å²) in [5.41, 5.74) is -1.14. The highest BCUT2D eigenvalue weighted by atomic mass is 16.5. The van der Waals surface area contributed by atoms with Crippen LogP contribution in [-0.4, -0.2) is 83.6 Å². The third kappa shape index (κ3) is 20.3. The molecule has 1 aliphatic heterocycles. The molecule has 2 rings (SSSR count). The summed E-state index contributed by atoms with van der Waals surface area (Å²) in [5.74, 6) is 4.52. The van der Waals surface area contributed by atoms with Crippen LogP contribution in [0.4, 0.5) is 0 Å². The Morgan fingerprint density at radius 2 is 1.59 bits per heavy atom. The SMILES string of the molecule is CC#CCOc1ccc(CC(NC=O)C(=O)OC)cc1.CCCCCCCC(=O)CCCCCC/C=C/C[C@@](O)(CC(=O)N1CCCC1)C(=O)O. The lowest BCUT2D eigenvalue weighted by Crippen LogP contribution is -2.44. The highest BCUT2D eigenvalue weighted by Crippen LogP contribution is 2.21. The smallest absolute Gasteiger partial charge is 0.336 e. The first-order valence-corrected chi connectivity index (χ1v) is 18.4. The van der Waals surface area contributed by atoms with Crippen molar-refractivity contribution in [3.8, 4) is 17.6 Å². The Hall–Kier alpha value is -4.17. The maximum absolute atomic E-state index is 12.2. The van der Waals surface area contributed by atoms with Crippen LogP contribution in [0.1, 0.15) is 122 Å². The zero-order valence-electron chi connectivity index (χ0n) is 31.0. The molecule has 1 aromatic rings. The van der Waals surface area contributed by atoms with Crippen LogP contribution >= 0.6 is 0 Å². The van der Waals surface area contributed by atoms with Crippen LogP contribution in [0.5, 0.6) is 5.75 Å². The summed E-state index contributed by atoms with van der Waals surface area (Å²) in [4.78, 5) is 59.1. The number of ether oxygens (including phenoxy) is 2. The van der Waals surface area contributed by atoms with Crippen LogP contribution in [0.15, 0.2) is 36.4 Å². The third-order valence-electron chi connectivity index (χ3n) is 8.66. The summed E-state index contributed by atoms with van der Waals surface area (Å²) in [6.45, 7) is 5.58. The van der Waals surface area contributed by atoms with Crippen LogP contribution in [0, 0.1) is 11.8 Å². The van der Waals surface area contributed by atoms with Gasteiger partial charge in [0, 0.05) is 38.8 Å².